The van der Waals surface area contributed by atoms with Crippen LogP contribution >= 0.6 is 0 Å². The Morgan fingerprint density at radius 1 is 0.960 bits per heavy atom. The molecule has 0 saturated carbocycles. The van der Waals surface area contributed by atoms with Gasteiger partial charge in [0.2, 0.25) is 0 Å². The van der Waals surface area contributed by atoms with Crippen molar-refractivity contribution in [2.75, 3.05) is 13.1 Å². The minimum absolute atomic E-state index is 0.0182. The molecule has 1 saturated heterocycles. The van der Waals surface area contributed by atoms with Crippen LogP contribution < -0.4 is 5.32 Å². The first-order valence-electron chi connectivity index (χ1n) is 11.1. The molecule has 25 heavy (non-hydrogen) atoms. The lowest BCUT2D eigenvalue weighted by Crippen LogP contribution is -2.56. The molecule has 3 heteroatoms. The predicted octanol–water partition coefficient (Wildman–Crippen LogP) is 6.00. The maximum atomic E-state index is 9.08. The molecule has 0 spiro atoms. The molecular formula is C22H43N3. The van der Waals surface area contributed by atoms with E-state index in [2.05, 4.69) is 37.2 Å². The fourth-order valence-electron chi connectivity index (χ4n) is 4.30. The van der Waals surface area contributed by atoms with Gasteiger partial charge in [-0.15, -0.1) is 0 Å². The summed E-state index contributed by atoms with van der Waals surface area (Å²) < 4.78 is 0. The van der Waals surface area contributed by atoms with Crippen LogP contribution in [0.5, 0.6) is 0 Å². The van der Waals surface area contributed by atoms with Gasteiger partial charge < -0.3 is 5.32 Å². The van der Waals surface area contributed by atoms with E-state index < -0.39 is 0 Å². The first-order chi connectivity index (χ1) is 12.1. The van der Waals surface area contributed by atoms with Crippen LogP contribution in [-0.2, 0) is 0 Å². The summed E-state index contributed by atoms with van der Waals surface area (Å²) in [5.74, 6) is 0. The van der Waals surface area contributed by atoms with Gasteiger partial charge in [0.1, 0.15) is 0 Å². The number of hydrogen-bond donors (Lipinski definition) is 1. The Morgan fingerprint density at radius 3 is 2.04 bits per heavy atom. The number of nitrogens with zero attached hydrogens (tertiary/aromatic N) is 2. The first kappa shape index (κ1) is 22.3. The Kier molecular flexibility index (Phi) is 12.0. The van der Waals surface area contributed by atoms with Gasteiger partial charge in [0, 0.05) is 12.6 Å². The summed E-state index contributed by atoms with van der Waals surface area (Å²) in [4.78, 5) is 2.70. The Morgan fingerprint density at radius 2 is 1.52 bits per heavy atom. The number of rotatable bonds is 14. The Bertz CT molecular complexity index is 349. The Balaban J connectivity index is 2.48. The van der Waals surface area contributed by atoms with Gasteiger partial charge in [-0.2, -0.15) is 5.26 Å². The molecule has 0 amide bonds. The molecule has 0 radical (unpaired) electrons. The summed E-state index contributed by atoms with van der Waals surface area (Å²) in [5.41, 5.74) is -0.0182. The van der Waals surface area contributed by atoms with Gasteiger partial charge in [-0.05, 0) is 39.2 Å². The summed E-state index contributed by atoms with van der Waals surface area (Å²) in [7, 11) is 0. The van der Waals surface area contributed by atoms with Crippen molar-refractivity contribution in [2.24, 2.45) is 0 Å². The first-order valence-corrected chi connectivity index (χ1v) is 11.1. The second-order valence-electron chi connectivity index (χ2n) is 8.43. The van der Waals surface area contributed by atoms with Crippen molar-refractivity contribution >= 4 is 0 Å². The molecule has 1 N–H and O–H groups in total. The van der Waals surface area contributed by atoms with Crippen LogP contribution in [0.15, 0.2) is 0 Å². The van der Waals surface area contributed by atoms with Crippen molar-refractivity contribution < 1.29 is 0 Å². The number of nitrogens with one attached hydrogen (secondary N) is 1. The van der Waals surface area contributed by atoms with Crippen LogP contribution in [0.2, 0.25) is 0 Å². The highest BCUT2D eigenvalue weighted by molar-refractivity contribution is 4.96. The van der Waals surface area contributed by atoms with Crippen molar-refractivity contribution in [1.29, 1.82) is 5.26 Å². The number of unbranched alkanes of at least 4 members (excludes halogenated alkanes) is 8. The minimum Gasteiger partial charge on any atom is -0.317 e. The van der Waals surface area contributed by atoms with Crippen molar-refractivity contribution in [1.82, 2.24) is 10.2 Å². The third-order valence-electron chi connectivity index (χ3n) is 5.88. The maximum Gasteiger partial charge on any atom is 0.177 e. The normalized spacial score (nSPS) is 21.4. The van der Waals surface area contributed by atoms with Crippen LogP contribution in [0.1, 0.15) is 111 Å². The Labute approximate surface area is 157 Å². The second-order valence-corrected chi connectivity index (χ2v) is 8.43. The zero-order chi connectivity index (χ0) is 18.4. The lowest BCUT2D eigenvalue weighted by molar-refractivity contribution is 0.0886. The Hall–Kier alpha value is -0.750. The lowest BCUT2D eigenvalue weighted by atomic mass is 9.88. The molecule has 0 aromatic heterocycles. The number of nitriles is 1. The molecule has 1 heterocycles. The van der Waals surface area contributed by atoms with Gasteiger partial charge in [0.05, 0.1) is 5.54 Å². The minimum atomic E-state index is -0.0182. The summed E-state index contributed by atoms with van der Waals surface area (Å²) in [6.45, 7) is 9.06. The molecule has 0 aliphatic carbocycles. The highest BCUT2D eigenvalue weighted by Gasteiger charge is 2.33. The van der Waals surface area contributed by atoms with E-state index in [0.29, 0.717) is 0 Å². The van der Waals surface area contributed by atoms with E-state index in [0.717, 1.165) is 19.0 Å². The van der Waals surface area contributed by atoms with E-state index in [1.807, 2.05) is 0 Å². The van der Waals surface area contributed by atoms with Gasteiger partial charge >= 0.3 is 0 Å². The van der Waals surface area contributed by atoms with E-state index in [1.165, 1.54) is 90.0 Å². The average Bonchev–Trinajstić information content (AvgIpc) is 2.59. The standard InChI is InChI=1S/C22H43N3/c1-4-6-8-10-12-15-21(16-13-11-9-7-5-2)25-18-14-17-22(3,19-25)24-20-23/h21,24H,4-19H2,1-3H3. The summed E-state index contributed by atoms with van der Waals surface area (Å²) >= 11 is 0. The monoisotopic (exact) mass is 349 g/mol. The van der Waals surface area contributed by atoms with Crippen LogP contribution in [0.4, 0.5) is 0 Å². The molecule has 1 aliphatic rings. The topological polar surface area (TPSA) is 39.1 Å². The molecule has 146 valence electrons. The molecule has 3 nitrogen and oxygen atoms in total. The van der Waals surface area contributed by atoms with E-state index in [1.54, 1.807) is 0 Å². The van der Waals surface area contributed by atoms with Gasteiger partial charge in [-0.1, -0.05) is 78.1 Å². The summed E-state index contributed by atoms with van der Waals surface area (Å²) in [6, 6.07) is 0.725. The van der Waals surface area contributed by atoms with Gasteiger partial charge in [-0.3, -0.25) is 4.90 Å². The van der Waals surface area contributed by atoms with Crippen LogP contribution in [0, 0.1) is 11.5 Å². The van der Waals surface area contributed by atoms with Crippen LogP contribution in [0.3, 0.4) is 0 Å². The fourth-order valence-corrected chi connectivity index (χ4v) is 4.30. The molecule has 1 rings (SSSR count). The van der Waals surface area contributed by atoms with E-state index in [9.17, 15) is 0 Å². The fraction of sp³-hybridized carbons (Fsp3) is 0.955. The molecule has 0 aromatic carbocycles. The average molecular weight is 350 g/mol. The van der Waals surface area contributed by atoms with Crippen molar-refractivity contribution in [2.45, 2.75) is 122 Å². The van der Waals surface area contributed by atoms with Gasteiger partial charge in [-0.25, -0.2) is 0 Å². The van der Waals surface area contributed by atoms with Gasteiger partial charge in [0.25, 0.3) is 0 Å². The van der Waals surface area contributed by atoms with Crippen LogP contribution in [-0.4, -0.2) is 29.6 Å². The van der Waals surface area contributed by atoms with Crippen molar-refractivity contribution in [3.05, 3.63) is 0 Å². The molecular weight excluding hydrogens is 306 g/mol. The molecule has 0 bridgehead atoms. The largest absolute Gasteiger partial charge is 0.317 e. The highest BCUT2D eigenvalue weighted by Crippen LogP contribution is 2.26. The van der Waals surface area contributed by atoms with Gasteiger partial charge in [0.15, 0.2) is 6.19 Å². The predicted molar refractivity (Wildman–Crippen MR) is 109 cm³/mol. The molecule has 1 aliphatic heterocycles. The maximum absolute atomic E-state index is 9.08. The SMILES string of the molecule is CCCCCCCC(CCCCCCC)N1CCCC(C)(NC#N)C1. The third-order valence-corrected chi connectivity index (χ3v) is 5.88. The molecule has 1 fully saturated rings. The summed E-state index contributed by atoms with van der Waals surface area (Å²) in [5, 5.41) is 12.2. The zero-order valence-corrected chi connectivity index (χ0v) is 17.3. The smallest absolute Gasteiger partial charge is 0.177 e. The molecule has 1 atom stereocenters. The van der Waals surface area contributed by atoms with Crippen LogP contribution in [0.25, 0.3) is 0 Å². The highest BCUT2D eigenvalue weighted by atomic mass is 15.2. The second kappa shape index (κ2) is 13.5. The third kappa shape index (κ3) is 9.50. The number of piperidine rings is 1. The molecule has 1 unspecified atom stereocenters. The van der Waals surface area contributed by atoms with E-state index >= 15 is 0 Å². The number of hydrogen-bond acceptors (Lipinski definition) is 3. The quantitative estimate of drug-likeness (QED) is 0.237. The lowest BCUT2D eigenvalue weighted by Gasteiger charge is -2.43. The van der Waals surface area contributed by atoms with Crippen molar-refractivity contribution in [3.63, 3.8) is 0 Å². The number of likely N-dealkylation sites (tertiary alicyclic amines) is 1. The summed E-state index contributed by atoms with van der Waals surface area (Å²) in [6.07, 6.45) is 21.0. The zero-order valence-electron chi connectivity index (χ0n) is 17.3. The van der Waals surface area contributed by atoms with E-state index in [4.69, 9.17) is 5.26 Å². The molecule has 0 aromatic rings. The van der Waals surface area contributed by atoms with E-state index in [-0.39, 0.29) is 5.54 Å². The van der Waals surface area contributed by atoms with Crippen molar-refractivity contribution in [3.8, 4) is 6.19 Å².